The van der Waals surface area contributed by atoms with Crippen LogP contribution in [0.25, 0.3) is 28.0 Å². The molecular formula is C30H32N4. The molecule has 3 atom stereocenters. The van der Waals surface area contributed by atoms with Crippen molar-refractivity contribution in [3.05, 3.63) is 76.6 Å². The lowest BCUT2D eigenvalue weighted by atomic mass is 9.84. The third-order valence-electron chi connectivity index (χ3n) is 9.42. The number of para-hydroxylation sites is 2. The van der Waals surface area contributed by atoms with Crippen molar-refractivity contribution < 1.29 is 0 Å². The Labute approximate surface area is 201 Å². The molecule has 4 heteroatoms. The van der Waals surface area contributed by atoms with E-state index >= 15 is 0 Å². The van der Waals surface area contributed by atoms with Gasteiger partial charge in [-0.1, -0.05) is 36.4 Å². The molecule has 0 aliphatic carbocycles. The van der Waals surface area contributed by atoms with Gasteiger partial charge in [0.15, 0.2) is 0 Å². The minimum absolute atomic E-state index is 0.449. The van der Waals surface area contributed by atoms with Gasteiger partial charge in [-0.15, -0.1) is 0 Å². The maximum absolute atomic E-state index is 2.76. The molecule has 6 heterocycles. The van der Waals surface area contributed by atoms with E-state index in [4.69, 9.17) is 0 Å². The van der Waals surface area contributed by atoms with Crippen molar-refractivity contribution in [3.8, 4) is 0 Å². The predicted molar refractivity (Wildman–Crippen MR) is 139 cm³/mol. The highest BCUT2D eigenvalue weighted by molar-refractivity contribution is 5.89. The first-order chi connectivity index (χ1) is 16.7. The van der Waals surface area contributed by atoms with Crippen molar-refractivity contribution in [1.29, 1.82) is 0 Å². The minimum atomic E-state index is 0.449. The fourth-order valence-corrected chi connectivity index (χ4v) is 7.80. The Balaban J connectivity index is 1.37. The molecule has 0 spiro atoms. The number of rotatable bonds is 1. The van der Waals surface area contributed by atoms with Gasteiger partial charge in [0, 0.05) is 47.0 Å². The van der Waals surface area contributed by atoms with Gasteiger partial charge in [-0.25, -0.2) is 0 Å². The van der Waals surface area contributed by atoms with Gasteiger partial charge in [-0.2, -0.15) is 0 Å². The molecule has 0 fully saturated rings. The SMILES string of the molecule is CN1CCc2c3n(c4ccccc24)C=C([C@@H]2CC[C@H]4c5c(c6ccccc6n52)CCN4C)CC31. The van der Waals surface area contributed by atoms with Gasteiger partial charge in [0.25, 0.3) is 0 Å². The van der Waals surface area contributed by atoms with Crippen molar-refractivity contribution >= 4 is 28.0 Å². The molecule has 0 bridgehead atoms. The van der Waals surface area contributed by atoms with E-state index in [1.54, 1.807) is 28.1 Å². The van der Waals surface area contributed by atoms with E-state index in [2.05, 4.69) is 87.8 Å². The Kier molecular flexibility index (Phi) is 3.93. The van der Waals surface area contributed by atoms with Crippen molar-refractivity contribution in [2.24, 2.45) is 0 Å². The largest absolute Gasteiger partial charge is 0.335 e. The average molecular weight is 449 g/mol. The van der Waals surface area contributed by atoms with Crippen LogP contribution in [-0.2, 0) is 12.8 Å². The number of hydrogen-bond acceptors (Lipinski definition) is 2. The maximum Gasteiger partial charge on any atom is 0.0567 e. The summed E-state index contributed by atoms with van der Waals surface area (Å²) >= 11 is 0. The fourth-order valence-electron chi connectivity index (χ4n) is 7.80. The summed E-state index contributed by atoms with van der Waals surface area (Å²) in [6.07, 6.45) is 8.49. The second-order valence-corrected chi connectivity index (χ2v) is 11.0. The van der Waals surface area contributed by atoms with Crippen molar-refractivity contribution in [2.75, 3.05) is 27.2 Å². The van der Waals surface area contributed by atoms with Gasteiger partial charge in [-0.3, -0.25) is 9.80 Å². The Hall–Kier alpha value is -2.82. The van der Waals surface area contributed by atoms with Crippen molar-refractivity contribution in [3.63, 3.8) is 0 Å². The zero-order valence-electron chi connectivity index (χ0n) is 20.2. The Morgan fingerprint density at radius 2 is 1.29 bits per heavy atom. The monoisotopic (exact) mass is 448 g/mol. The second kappa shape index (κ2) is 6.87. The molecule has 34 heavy (non-hydrogen) atoms. The molecule has 4 aromatic rings. The van der Waals surface area contributed by atoms with Crippen LogP contribution in [0.4, 0.5) is 0 Å². The minimum Gasteiger partial charge on any atom is -0.335 e. The number of hydrogen-bond donors (Lipinski definition) is 0. The van der Waals surface area contributed by atoms with Gasteiger partial charge in [0.1, 0.15) is 0 Å². The van der Waals surface area contributed by atoms with Crippen molar-refractivity contribution in [1.82, 2.24) is 18.9 Å². The first kappa shape index (κ1) is 19.5. The topological polar surface area (TPSA) is 16.3 Å². The first-order valence-electron chi connectivity index (χ1n) is 13.0. The molecule has 1 unspecified atom stereocenters. The molecular weight excluding hydrogens is 416 g/mol. The lowest BCUT2D eigenvalue weighted by Crippen LogP contribution is -2.39. The standard InChI is InChI=1S/C30H32N4/c1-31-15-14-23-21-8-4-6-10-26(21)34-24(11-12-27(31)30(23)34)19-17-28-29-22(13-16-32(28)2)20-7-3-5-9-25(20)33(29)18-19/h3-10,18,24,27-28H,11-17H2,1-2H3/t24-,27-,28?/m0/s1. The van der Waals surface area contributed by atoms with Gasteiger partial charge in [-0.05, 0) is 75.0 Å². The number of aromatic nitrogens is 2. The molecule has 0 N–H and O–H groups in total. The molecule has 0 saturated carbocycles. The molecule has 0 saturated heterocycles. The number of benzene rings is 2. The quantitative estimate of drug-likeness (QED) is 0.359. The summed E-state index contributed by atoms with van der Waals surface area (Å²) in [6.45, 7) is 2.33. The van der Waals surface area contributed by atoms with Crippen LogP contribution in [0, 0.1) is 0 Å². The lowest BCUT2D eigenvalue weighted by molar-refractivity contribution is 0.175. The Morgan fingerprint density at radius 3 is 2.09 bits per heavy atom. The summed E-state index contributed by atoms with van der Waals surface area (Å²) < 4.78 is 5.33. The predicted octanol–water partition coefficient (Wildman–Crippen LogP) is 5.93. The summed E-state index contributed by atoms with van der Waals surface area (Å²) in [5.74, 6) is 0. The van der Waals surface area contributed by atoms with Crippen LogP contribution in [0.5, 0.6) is 0 Å². The van der Waals surface area contributed by atoms with E-state index in [1.165, 1.54) is 47.6 Å². The van der Waals surface area contributed by atoms with Gasteiger partial charge in [0.2, 0.25) is 0 Å². The lowest BCUT2D eigenvalue weighted by Gasteiger charge is -2.43. The highest BCUT2D eigenvalue weighted by atomic mass is 15.2. The molecule has 172 valence electrons. The Bertz CT molecular complexity index is 1500. The summed E-state index contributed by atoms with van der Waals surface area (Å²) in [4.78, 5) is 5.20. The summed E-state index contributed by atoms with van der Waals surface area (Å²) in [5, 5.41) is 2.95. The van der Waals surface area contributed by atoms with Crippen LogP contribution in [0.15, 0.2) is 54.1 Å². The molecule has 0 radical (unpaired) electrons. The van der Waals surface area contributed by atoms with Gasteiger partial charge < -0.3 is 9.13 Å². The third kappa shape index (κ3) is 2.40. The molecule has 4 aliphatic rings. The normalized spacial score (nSPS) is 26.5. The molecule has 8 rings (SSSR count). The smallest absolute Gasteiger partial charge is 0.0567 e. The van der Waals surface area contributed by atoms with Crippen LogP contribution < -0.4 is 0 Å². The van der Waals surface area contributed by atoms with E-state index in [9.17, 15) is 0 Å². The maximum atomic E-state index is 2.76. The van der Waals surface area contributed by atoms with E-state index in [0.29, 0.717) is 18.1 Å². The first-order valence-corrected chi connectivity index (χ1v) is 13.0. The van der Waals surface area contributed by atoms with E-state index in [-0.39, 0.29) is 0 Å². The van der Waals surface area contributed by atoms with E-state index in [0.717, 1.165) is 19.4 Å². The highest BCUT2D eigenvalue weighted by Gasteiger charge is 2.41. The zero-order chi connectivity index (χ0) is 22.6. The number of fused-ring (bicyclic) bond motifs is 6. The number of likely N-dealkylation sites (N-methyl/N-ethyl adjacent to an activating group) is 2. The van der Waals surface area contributed by atoms with Gasteiger partial charge >= 0.3 is 0 Å². The second-order valence-electron chi connectivity index (χ2n) is 11.0. The summed E-state index contributed by atoms with van der Waals surface area (Å²) in [7, 11) is 4.66. The summed E-state index contributed by atoms with van der Waals surface area (Å²) in [5.41, 5.74) is 10.8. The summed E-state index contributed by atoms with van der Waals surface area (Å²) in [6, 6.07) is 19.7. The average Bonchev–Trinajstić information content (AvgIpc) is 3.38. The molecule has 2 aromatic carbocycles. The third-order valence-corrected chi connectivity index (χ3v) is 9.42. The van der Waals surface area contributed by atoms with Crippen LogP contribution in [0.2, 0.25) is 0 Å². The van der Waals surface area contributed by atoms with Crippen LogP contribution >= 0.6 is 0 Å². The van der Waals surface area contributed by atoms with Gasteiger partial charge in [0.05, 0.1) is 23.6 Å². The van der Waals surface area contributed by atoms with Crippen LogP contribution in [-0.4, -0.2) is 46.1 Å². The van der Waals surface area contributed by atoms with E-state index < -0.39 is 0 Å². The van der Waals surface area contributed by atoms with Crippen molar-refractivity contribution in [2.45, 2.75) is 50.2 Å². The molecule has 0 amide bonds. The fraction of sp³-hybridized carbons (Fsp3) is 0.400. The van der Waals surface area contributed by atoms with Crippen LogP contribution in [0.3, 0.4) is 0 Å². The Morgan fingerprint density at radius 1 is 0.676 bits per heavy atom. The zero-order valence-corrected chi connectivity index (χ0v) is 20.2. The highest BCUT2D eigenvalue weighted by Crippen LogP contribution is 2.51. The molecule has 4 aliphatic heterocycles. The molecule has 2 aromatic heterocycles. The van der Waals surface area contributed by atoms with E-state index in [1.807, 2.05) is 0 Å². The number of nitrogens with zero attached hydrogens (tertiary/aromatic N) is 4. The van der Waals surface area contributed by atoms with Crippen LogP contribution in [0.1, 0.15) is 59.9 Å². The molecule has 4 nitrogen and oxygen atoms in total.